The SMILES string of the molecule is C[NH+]1C/C(=C/c2ccc(F)cc2)C(=O)/C(=C/c2ccc(F)cc2)C1. The average molecular weight is 326 g/mol. The summed E-state index contributed by atoms with van der Waals surface area (Å²) in [5, 5.41) is 0. The Morgan fingerprint density at radius 1 is 0.792 bits per heavy atom. The van der Waals surface area contributed by atoms with Crippen molar-refractivity contribution >= 4 is 17.9 Å². The van der Waals surface area contributed by atoms with Gasteiger partial charge in [-0.25, -0.2) is 8.78 Å². The smallest absolute Gasteiger partial charge is 0.196 e. The molecule has 0 saturated carbocycles. The van der Waals surface area contributed by atoms with Crippen molar-refractivity contribution in [2.45, 2.75) is 0 Å². The van der Waals surface area contributed by atoms with E-state index in [1.807, 2.05) is 19.2 Å². The Morgan fingerprint density at radius 3 is 1.54 bits per heavy atom. The molecule has 1 aliphatic heterocycles. The number of quaternary nitrogens is 1. The number of ketones is 1. The highest BCUT2D eigenvalue weighted by Gasteiger charge is 2.26. The zero-order chi connectivity index (χ0) is 17.1. The molecule has 122 valence electrons. The number of hydrogen-bond acceptors (Lipinski definition) is 1. The van der Waals surface area contributed by atoms with E-state index in [0.717, 1.165) is 11.1 Å². The Labute approximate surface area is 139 Å². The highest BCUT2D eigenvalue weighted by atomic mass is 19.1. The molecule has 1 heterocycles. The summed E-state index contributed by atoms with van der Waals surface area (Å²) in [5.74, 6) is -0.604. The van der Waals surface area contributed by atoms with Gasteiger partial charge in [0.15, 0.2) is 5.78 Å². The van der Waals surface area contributed by atoms with Crippen LogP contribution in [0.2, 0.25) is 0 Å². The minimum atomic E-state index is -0.299. The predicted octanol–water partition coefficient (Wildman–Crippen LogP) is 2.53. The number of likely N-dealkylation sites (N-methyl/N-ethyl adjacent to an activating group) is 1. The monoisotopic (exact) mass is 326 g/mol. The van der Waals surface area contributed by atoms with Crippen LogP contribution < -0.4 is 4.90 Å². The Bertz CT molecular complexity index is 737. The van der Waals surface area contributed by atoms with Gasteiger partial charge >= 0.3 is 0 Å². The molecule has 2 aromatic rings. The van der Waals surface area contributed by atoms with Crippen LogP contribution in [0.5, 0.6) is 0 Å². The van der Waals surface area contributed by atoms with Crippen LogP contribution in [0.1, 0.15) is 11.1 Å². The Morgan fingerprint density at radius 2 is 1.17 bits per heavy atom. The number of nitrogens with one attached hydrogen (secondary N) is 1. The van der Waals surface area contributed by atoms with Gasteiger partial charge in [-0.05, 0) is 47.5 Å². The Balaban J connectivity index is 1.90. The van der Waals surface area contributed by atoms with Gasteiger partial charge in [-0.1, -0.05) is 24.3 Å². The first-order valence-corrected chi connectivity index (χ1v) is 7.79. The second-order valence-corrected chi connectivity index (χ2v) is 6.08. The molecule has 1 fully saturated rings. The largest absolute Gasteiger partial charge is 0.330 e. The first-order valence-electron chi connectivity index (χ1n) is 7.79. The second-order valence-electron chi connectivity index (χ2n) is 6.08. The number of likely N-dealkylation sites (tertiary alicyclic amines) is 1. The predicted molar refractivity (Wildman–Crippen MR) is 90.4 cm³/mol. The lowest BCUT2D eigenvalue weighted by Gasteiger charge is -2.23. The van der Waals surface area contributed by atoms with Gasteiger partial charge in [-0.15, -0.1) is 0 Å². The number of rotatable bonds is 2. The maximum absolute atomic E-state index is 13.0. The van der Waals surface area contributed by atoms with Crippen LogP contribution in [0.3, 0.4) is 0 Å². The summed E-state index contributed by atoms with van der Waals surface area (Å²) in [6, 6.07) is 12.1. The van der Waals surface area contributed by atoms with Crippen LogP contribution in [0, 0.1) is 11.6 Å². The van der Waals surface area contributed by atoms with Gasteiger partial charge in [0.2, 0.25) is 0 Å². The van der Waals surface area contributed by atoms with Crippen LogP contribution in [0.4, 0.5) is 8.78 Å². The number of carbonyl (C=O) groups excluding carboxylic acids is 1. The van der Waals surface area contributed by atoms with E-state index in [-0.39, 0.29) is 17.4 Å². The van der Waals surface area contributed by atoms with E-state index < -0.39 is 0 Å². The van der Waals surface area contributed by atoms with Crippen LogP contribution in [-0.4, -0.2) is 25.9 Å². The molecule has 1 saturated heterocycles. The molecule has 0 amide bonds. The second kappa shape index (κ2) is 6.89. The molecular formula is C20H18F2NO+. The van der Waals surface area contributed by atoms with E-state index in [2.05, 4.69) is 0 Å². The van der Waals surface area contributed by atoms with Crippen molar-refractivity contribution in [3.63, 3.8) is 0 Å². The van der Waals surface area contributed by atoms with E-state index >= 15 is 0 Å². The van der Waals surface area contributed by atoms with Crippen molar-refractivity contribution in [3.05, 3.63) is 82.4 Å². The molecule has 0 bridgehead atoms. The zero-order valence-corrected chi connectivity index (χ0v) is 13.4. The molecule has 2 aromatic carbocycles. The Kier molecular flexibility index (Phi) is 4.67. The number of halogens is 2. The summed E-state index contributed by atoms with van der Waals surface area (Å²) in [5.41, 5.74) is 2.99. The van der Waals surface area contributed by atoms with E-state index in [4.69, 9.17) is 0 Å². The van der Waals surface area contributed by atoms with Crippen LogP contribution in [0.25, 0.3) is 12.2 Å². The number of Topliss-reactive ketones (excluding diaryl/α,β-unsaturated/α-hetero) is 1. The van der Waals surface area contributed by atoms with Crippen molar-refractivity contribution in [1.82, 2.24) is 0 Å². The normalized spacial score (nSPS) is 21.5. The molecule has 2 nitrogen and oxygen atoms in total. The zero-order valence-electron chi connectivity index (χ0n) is 13.4. The van der Waals surface area contributed by atoms with Gasteiger partial charge in [0.1, 0.15) is 24.7 Å². The number of piperidine rings is 1. The maximum Gasteiger partial charge on any atom is 0.196 e. The van der Waals surface area contributed by atoms with Crippen molar-refractivity contribution < 1.29 is 18.5 Å². The van der Waals surface area contributed by atoms with Gasteiger partial charge in [0, 0.05) is 0 Å². The van der Waals surface area contributed by atoms with E-state index in [9.17, 15) is 13.6 Å². The summed E-state index contributed by atoms with van der Waals surface area (Å²) in [6.45, 7) is 1.24. The first-order chi connectivity index (χ1) is 11.5. The third kappa shape index (κ3) is 3.84. The summed E-state index contributed by atoms with van der Waals surface area (Å²) in [7, 11) is 2.02. The third-order valence-corrected chi connectivity index (χ3v) is 3.99. The molecule has 24 heavy (non-hydrogen) atoms. The van der Waals surface area contributed by atoms with Crippen molar-refractivity contribution in [1.29, 1.82) is 0 Å². The van der Waals surface area contributed by atoms with Gasteiger partial charge in [0.05, 0.1) is 18.2 Å². The van der Waals surface area contributed by atoms with Crippen LogP contribution >= 0.6 is 0 Å². The summed E-state index contributed by atoms with van der Waals surface area (Å²) >= 11 is 0. The molecule has 1 unspecified atom stereocenters. The minimum Gasteiger partial charge on any atom is -0.330 e. The molecule has 4 heteroatoms. The molecule has 0 radical (unpaired) electrons. The van der Waals surface area contributed by atoms with Crippen molar-refractivity contribution in [3.8, 4) is 0 Å². The molecule has 0 spiro atoms. The van der Waals surface area contributed by atoms with E-state index in [0.29, 0.717) is 24.2 Å². The van der Waals surface area contributed by atoms with Crippen molar-refractivity contribution in [2.24, 2.45) is 0 Å². The van der Waals surface area contributed by atoms with Crippen molar-refractivity contribution in [2.75, 3.05) is 20.1 Å². The lowest BCUT2D eigenvalue weighted by Crippen LogP contribution is -3.10. The molecule has 1 atom stereocenters. The fourth-order valence-electron chi connectivity index (χ4n) is 2.83. The molecule has 3 rings (SSSR count). The molecule has 1 N–H and O–H groups in total. The standard InChI is InChI=1S/C20H17F2NO/c1-23-12-16(10-14-2-6-18(21)7-3-14)20(24)17(13-23)11-15-4-8-19(22)9-5-15/h2-11H,12-13H2,1H3/p+1/b16-10-,17-11+. The van der Waals surface area contributed by atoms with Crippen LogP contribution in [0.15, 0.2) is 59.7 Å². The highest BCUT2D eigenvalue weighted by molar-refractivity contribution is 6.14. The summed E-state index contributed by atoms with van der Waals surface area (Å²) < 4.78 is 26.0. The van der Waals surface area contributed by atoms with E-state index in [1.165, 1.54) is 29.2 Å². The number of carbonyl (C=O) groups is 1. The maximum atomic E-state index is 13.0. The lowest BCUT2D eigenvalue weighted by molar-refractivity contribution is -0.870. The summed E-state index contributed by atoms with van der Waals surface area (Å²) in [4.78, 5) is 13.9. The van der Waals surface area contributed by atoms with Gasteiger partial charge in [-0.3, -0.25) is 4.79 Å². The van der Waals surface area contributed by atoms with Gasteiger partial charge in [0.25, 0.3) is 0 Å². The molecular weight excluding hydrogens is 308 g/mol. The van der Waals surface area contributed by atoms with Gasteiger partial charge < -0.3 is 4.90 Å². The fourth-order valence-corrected chi connectivity index (χ4v) is 2.83. The minimum absolute atomic E-state index is 0.00532. The van der Waals surface area contributed by atoms with Gasteiger partial charge in [-0.2, -0.15) is 0 Å². The Hall–Kier alpha value is -2.59. The quantitative estimate of drug-likeness (QED) is 0.842. The topological polar surface area (TPSA) is 21.5 Å². The highest BCUT2D eigenvalue weighted by Crippen LogP contribution is 2.16. The number of benzene rings is 2. The molecule has 1 aliphatic rings. The summed E-state index contributed by atoms with van der Waals surface area (Å²) in [6.07, 6.45) is 3.62. The fraction of sp³-hybridized carbons (Fsp3) is 0.150. The average Bonchev–Trinajstić information content (AvgIpc) is 2.56. The van der Waals surface area contributed by atoms with Crippen LogP contribution in [-0.2, 0) is 4.79 Å². The molecule has 0 aliphatic carbocycles. The van der Waals surface area contributed by atoms with E-state index in [1.54, 1.807) is 24.3 Å². The number of hydrogen-bond donors (Lipinski definition) is 1. The lowest BCUT2D eigenvalue weighted by atomic mass is 9.94. The first kappa shape index (κ1) is 16.3. The molecule has 0 aromatic heterocycles. The third-order valence-electron chi connectivity index (χ3n) is 3.99.